The molecule has 3 nitrogen and oxygen atoms in total. The first-order chi connectivity index (χ1) is 7.00. The molecule has 1 rings (SSSR count). The van der Waals surface area contributed by atoms with Crippen molar-refractivity contribution in [3.8, 4) is 0 Å². The van der Waals surface area contributed by atoms with Crippen molar-refractivity contribution in [3.05, 3.63) is 20.3 Å². The van der Waals surface area contributed by atoms with E-state index in [1.54, 1.807) is 6.07 Å². The highest BCUT2D eigenvalue weighted by molar-refractivity contribution is 9.11. The number of halogens is 1. The Morgan fingerprint density at radius 1 is 1.47 bits per heavy atom. The van der Waals surface area contributed by atoms with Crippen LogP contribution in [0, 0.1) is 6.92 Å². The van der Waals surface area contributed by atoms with Crippen molar-refractivity contribution in [2.45, 2.75) is 26.2 Å². The minimum absolute atomic E-state index is 0.0238. The molecule has 0 radical (unpaired) electrons. The molecule has 0 aliphatic heterocycles. The Kier molecular flexibility index (Phi) is 4.47. The number of rotatable bonds is 5. The van der Waals surface area contributed by atoms with Gasteiger partial charge in [-0.1, -0.05) is 0 Å². The van der Waals surface area contributed by atoms with E-state index in [2.05, 4.69) is 15.9 Å². The van der Waals surface area contributed by atoms with Crippen LogP contribution in [0.5, 0.6) is 0 Å². The van der Waals surface area contributed by atoms with Crippen LogP contribution in [0.25, 0.3) is 0 Å². The fraction of sp³-hybridized carbons (Fsp3) is 0.400. The van der Waals surface area contributed by atoms with Crippen LogP contribution in [0.3, 0.4) is 0 Å². The van der Waals surface area contributed by atoms with Crippen LogP contribution in [-0.2, 0) is 4.79 Å². The van der Waals surface area contributed by atoms with Gasteiger partial charge in [-0.3, -0.25) is 9.59 Å². The van der Waals surface area contributed by atoms with E-state index in [0.29, 0.717) is 18.4 Å². The Morgan fingerprint density at radius 3 is 2.60 bits per heavy atom. The number of carbonyl (C=O) groups is 2. The van der Waals surface area contributed by atoms with Crippen LogP contribution in [0.2, 0.25) is 0 Å². The quantitative estimate of drug-likeness (QED) is 0.847. The molecule has 1 aromatic heterocycles. The summed E-state index contributed by atoms with van der Waals surface area (Å²) in [6.45, 7) is 1.89. The maximum absolute atomic E-state index is 11.7. The van der Waals surface area contributed by atoms with Gasteiger partial charge in [-0.2, -0.15) is 0 Å². The average molecular weight is 291 g/mol. The molecule has 0 atom stereocenters. The summed E-state index contributed by atoms with van der Waals surface area (Å²) in [7, 11) is 0. The third-order valence-corrected chi connectivity index (χ3v) is 3.54. The molecule has 0 fully saturated rings. The number of ketones is 1. The van der Waals surface area contributed by atoms with Crippen LogP contribution in [0.1, 0.15) is 34.5 Å². The topological polar surface area (TPSA) is 54.4 Å². The largest absolute Gasteiger partial charge is 0.481 e. The molecule has 0 unspecified atom stereocenters. The van der Waals surface area contributed by atoms with Gasteiger partial charge in [0.05, 0.1) is 3.79 Å². The molecule has 0 spiro atoms. The minimum atomic E-state index is -0.856. The van der Waals surface area contributed by atoms with Gasteiger partial charge in [-0.05, 0) is 35.3 Å². The molecule has 5 heteroatoms. The van der Waals surface area contributed by atoms with Crippen molar-refractivity contribution in [1.29, 1.82) is 0 Å². The minimum Gasteiger partial charge on any atom is -0.481 e. The lowest BCUT2D eigenvalue weighted by Crippen LogP contribution is -2.01. The number of hydrogen-bond acceptors (Lipinski definition) is 3. The molecule has 1 aromatic rings. The van der Waals surface area contributed by atoms with E-state index in [4.69, 9.17) is 5.11 Å². The molecule has 0 aromatic carbocycles. The normalized spacial score (nSPS) is 10.3. The average Bonchev–Trinajstić information content (AvgIpc) is 2.44. The summed E-state index contributed by atoms with van der Waals surface area (Å²) in [4.78, 5) is 22.9. The van der Waals surface area contributed by atoms with Gasteiger partial charge < -0.3 is 5.11 Å². The number of carbonyl (C=O) groups excluding carboxylic acids is 1. The zero-order valence-corrected chi connectivity index (χ0v) is 10.7. The van der Waals surface area contributed by atoms with Gasteiger partial charge in [0.25, 0.3) is 0 Å². The summed E-state index contributed by atoms with van der Waals surface area (Å²) in [6.07, 6.45) is 0.757. The van der Waals surface area contributed by atoms with E-state index in [1.165, 1.54) is 11.3 Å². The number of thiophene rings is 1. The molecule has 0 saturated heterocycles. The van der Waals surface area contributed by atoms with Crippen LogP contribution in [0.15, 0.2) is 9.85 Å². The predicted molar refractivity (Wildman–Crippen MR) is 62.6 cm³/mol. The van der Waals surface area contributed by atoms with Gasteiger partial charge >= 0.3 is 5.97 Å². The second-order valence-corrected chi connectivity index (χ2v) is 5.83. The number of aliphatic carboxylic acids is 1. The summed E-state index contributed by atoms with van der Waals surface area (Å²) in [5, 5.41) is 8.44. The van der Waals surface area contributed by atoms with Gasteiger partial charge in [0.2, 0.25) is 0 Å². The fourth-order valence-corrected chi connectivity index (χ4v) is 2.97. The van der Waals surface area contributed by atoms with Gasteiger partial charge in [-0.25, -0.2) is 0 Å². The zero-order chi connectivity index (χ0) is 11.4. The second kappa shape index (κ2) is 5.42. The smallest absolute Gasteiger partial charge is 0.303 e. The highest BCUT2D eigenvalue weighted by Gasteiger charge is 2.12. The van der Waals surface area contributed by atoms with Crippen molar-refractivity contribution in [2.24, 2.45) is 0 Å². The maximum Gasteiger partial charge on any atom is 0.303 e. The van der Waals surface area contributed by atoms with Crippen molar-refractivity contribution >= 4 is 39.0 Å². The van der Waals surface area contributed by atoms with Gasteiger partial charge in [0.15, 0.2) is 5.78 Å². The van der Waals surface area contributed by atoms with Gasteiger partial charge in [0, 0.05) is 23.3 Å². The lowest BCUT2D eigenvalue weighted by atomic mass is 10.1. The summed E-state index contributed by atoms with van der Waals surface area (Å²) < 4.78 is 0.932. The SMILES string of the molecule is Cc1sc(Br)cc1C(=O)CCCC(=O)O. The lowest BCUT2D eigenvalue weighted by molar-refractivity contribution is -0.137. The Hall–Kier alpha value is -0.680. The van der Waals surface area contributed by atoms with Crippen LogP contribution in [-0.4, -0.2) is 16.9 Å². The van der Waals surface area contributed by atoms with E-state index in [0.717, 1.165) is 8.66 Å². The first-order valence-corrected chi connectivity index (χ1v) is 6.12. The van der Waals surface area contributed by atoms with Crippen molar-refractivity contribution in [3.63, 3.8) is 0 Å². The maximum atomic E-state index is 11.7. The first-order valence-electron chi connectivity index (χ1n) is 4.51. The van der Waals surface area contributed by atoms with E-state index in [1.807, 2.05) is 6.92 Å². The second-order valence-electron chi connectivity index (χ2n) is 3.19. The third kappa shape index (κ3) is 3.76. The summed E-state index contributed by atoms with van der Waals surface area (Å²) in [5.74, 6) is -0.832. The number of carboxylic acids is 1. The summed E-state index contributed by atoms with van der Waals surface area (Å²) in [5.41, 5.74) is 0.706. The first kappa shape index (κ1) is 12.4. The standard InChI is InChI=1S/C10H11BrO3S/c1-6-7(5-9(11)15-6)8(12)3-2-4-10(13)14/h5H,2-4H2,1H3,(H,13,14). The molecule has 0 amide bonds. The summed E-state index contributed by atoms with van der Waals surface area (Å²) >= 11 is 4.83. The van der Waals surface area contributed by atoms with E-state index in [-0.39, 0.29) is 12.2 Å². The molecule has 82 valence electrons. The van der Waals surface area contributed by atoms with Crippen molar-refractivity contribution in [2.75, 3.05) is 0 Å². The van der Waals surface area contributed by atoms with Crippen LogP contribution < -0.4 is 0 Å². The molecule has 0 saturated carbocycles. The number of carboxylic acid groups (broad SMARTS) is 1. The van der Waals surface area contributed by atoms with Crippen molar-refractivity contribution < 1.29 is 14.7 Å². The van der Waals surface area contributed by atoms with Gasteiger partial charge in [-0.15, -0.1) is 11.3 Å². The molecular weight excluding hydrogens is 280 g/mol. The highest BCUT2D eigenvalue weighted by Crippen LogP contribution is 2.27. The Morgan fingerprint density at radius 2 is 2.13 bits per heavy atom. The number of Topliss-reactive ketones (excluding diaryl/α,β-unsaturated/α-hetero) is 1. The predicted octanol–water partition coefficient (Wildman–Crippen LogP) is 3.26. The fourth-order valence-electron chi connectivity index (χ4n) is 1.26. The number of hydrogen-bond donors (Lipinski definition) is 1. The molecular formula is C10H11BrO3S. The molecule has 0 aliphatic rings. The third-order valence-electron chi connectivity index (χ3n) is 1.98. The molecule has 0 aliphatic carbocycles. The van der Waals surface area contributed by atoms with E-state index < -0.39 is 5.97 Å². The lowest BCUT2D eigenvalue weighted by Gasteiger charge is -1.97. The Balaban J connectivity index is 2.54. The van der Waals surface area contributed by atoms with Gasteiger partial charge in [0.1, 0.15) is 0 Å². The zero-order valence-electron chi connectivity index (χ0n) is 8.25. The van der Waals surface area contributed by atoms with Crippen LogP contribution >= 0.6 is 27.3 Å². The Labute approximate surface area is 100 Å². The van der Waals surface area contributed by atoms with Crippen LogP contribution in [0.4, 0.5) is 0 Å². The van der Waals surface area contributed by atoms with E-state index in [9.17, 15) is 9.59 Å². The van der Waals surface area contributed by atoms with Crippen molar-refractivity contribution in [1.82, 2.24) is 0 Å². The van der Waals surface area contributed by atoms with E-state index >= 15 is 0 Å². The molecule has 1 heterocycles. The number of aryl methyl sites for hydroxylation is 1. The molecule has 1 N–H and O–H groups in total. The highest BCUT2D eigenvalue weighted by atomic mass is 79.9. The summed E-state index contributed by atoms with van der Waals surface area (Å²) in [6, 6.07) is 1.79. The molecule has 15 heavy (non-hydrogen) atoms. The Bertz CT molecular complexity index is 384. The monoisotopic (exact) mass is 290 g/mol. The molecule has 0 bridgehead atoms.